The summed E-state index contributed by atoms with van der Waals surface area (Å²) >= 11 is 5.91. The molecule has 122 valence electrons. The summed E-state index contributed by atoms with van der Waals surface area (Å²) in [5.41, 5.74) is -0.563. The Morgan fingerprint density at radius 1 is 1.43 bits per heavy atom. The van der Waals surface area contributed by atoms with E-state index in [4.69, 9.17) is 16.0 Å². The number of amides is 1. The number of nitro groups is 1. The molecule has 0 aliphatic rings. The fourth-order valence-corrected chi connectivity index (χ4v) is 2.43. The zero-order valence-electron chi connectivity index (χ0n) is 12.2. The number of nitro benzene ring substituents is 1. The highest BCUT2D eigenvalue weighted by Crippen LogP contribution is 2.26. The fourth-order valence-electron chi connectivity index (χ4n) is 2.18. The molecule has 1 aromatic heterocycles. The lowest BCUT2D eigenvalue weighted by molar-refractivity contribution is -0.385. The molecule has 1 heterocycles. The van der Waals surface area contributed by atoms with Crippen LogP contribution in [0.5, 0.6) is 0 Å². The van der Waals surface area contributed by atoms with Gasteiger partial charge in [0.15, 0.2) is 0 Å². The predicted molar refractivity (Wildman–Crippen MR) is 83.3 cm³/mol. The van der Waals surface area contributed by atoms with Crippen molar-refractivity contribution in [3.8, 4) is 0 Å². The molecule has 2 atom stereocenters. The van der Waals surface area contributed by atoms with Crippen LogP contribution in [-0.4, -0.2) is 22.0 Å². The first-order chi connectivity index (χ1) is 10.9. The normalized spacial score (nSPS) is 13.3. The molecule has 0 radical (unpaired) electrons. The Hall–Kier alpha value is -2.38. The highest BCUT2D eigenvalue weighted by Gasteiger charge is 2.25. The molecule has 0 saturated carbocycles. The fraction of sp³-hybridized carbons (Fsp3) is 0.267. The maximum Gasteiger partial charge on any atom is 0.283 e. The number of aliphatic hydroxyl groups is 1. The Kier molecular flexibility index (Phi) is 5.36. The number of nitrogens with one attached hydrogen (secondary N) is 1. The van der Waals surface area contributed by atoms with Crippen molar-refractivity contribution in [3.05, 3.63) is 63.1 Å². The minimum Gasteiger partial charge on any atom is -0.467 e. The molecule has 1 aromatic carbocycles. The average Bonchev–Trinajstić information content (AvgIpc) is 3.00. The van der Waals surface area contributed by atoms with Gasteiger partial charge >= 0.3 is 0 Å². The van der Waals surface area contributed by atoms with Crippen molar-refractivity contribution in [1.29, 1.82) is 0 Å². The summed E-state index contributed by atoms with van der Waals surface area (Å²) in [6.07, 6.45) is 0.744. The largest absolute Gasteiger partial charge is 0.467 e. The average molecular weight is 339 g/mol. The van der Waals surface area contributed by atoms with Crippen LogP contribution in [0.3, 0.4) is 0 Å². The minimum absolute atomic E-state index is 0.00418. The third-order valence-electron chi connectivity index (χ3n) is 3.24. The van der Waals surface area contributed by atoms with Gasteiger partial charge in [-0.2, -0.15) is 0 Å². The number of carbonyl (C=O) groups is 1. The van der Waals surface area contributed by atoms with Gasteiger partial charge < -0.3 is 14.8 Å². The van der Waals surface area contributed by atoms with E-state index >= 15 is 0 Å². The molecule has 8 heteroatoms. The van der Waals surface area contributed by atoms with E-state index in [1.165, 1.54) is 24.5 Å². The Labute approximate surface area is 137 Å². The third-order valence-corrected chi connectivity index (χ3v) is 3.56. The number of halogens is 1. The molecular weight excluding hydrogens is 324 g/mol. The molecule has 23 heavy (non-hydrogen) atoms. The maximum atomic E-state index is 12.3. The van der Waals surface area contributed by atoms with Gasteiger partial charge in [0.05, 0.1) is 16.2 Å². The third kappa shape index (κ3) is 4.08. The van der Waals surface area contributed by atoms with Gasteiger partial charge in [-0.3, -0.25) is 14.9 Å². The lowest BCUT2D eigenvalue weighted by atomic mass is 10.1. The first kappa shape index (κ1) is 17.0. The molecule has 0 saturated heterocycles. The van der Waals surface area contributed by atoms with Gasteiger partial charge in [-0.1, -0.05) is 17.7 Å². The van der Waals surface area contributed by atoms with Crippen LogP contribution in [0.15, 0.2) is 41.0 Å². The summed E-state index contributed by atoms with van der Waals surface area (Å²) in [4.78, 5) is 22.6. The number of aliphatic hydroxyl groups excluding tert-OH is 1. The van der Waals surface area contributed by atoms with Crippen molar-refractivity contribution in [1.82, 2.24) is 5.32 Å². The van der Waals surface area contributed by atoms with Gasteiger partial charge in [-0.05, 0) is 25.1 Å². The molecule has 0 unspecified atom stereocenters. The zero-order valence-corrected chi connectivity index (χ0v) is 13.0. The van der Waals surface area contributed by atoms with Crippen LogP contribution < -0.4 is 5.32 Å². The number of hydrogen-bond acceptors (Lipinski definition) is 5. The smallest absolute Gasteiger partial charge is 0.283 e. The Balaban J connectivity index is 2.09. The van der Waals surface area contributed by atoms with E-state index in [0.29, 0.717) is 5.76 Å². The first-order valence-corrected chi connectivity index (χ1v) is 7.23. The molecular formula is C15H15ClN2O5. The van der Waals surface area contributed by atoms with Crippen LogP contribution in [0, 0.1) is 10.1 Å². The molecule has 2 N–H and O–H groups in total. The quantitative estimate of drug-likeness (QED) is 0.622. The van der Waals surface area contributed by atoms with Crippen LogP contribution in [-0.2, 0) is 0 Å². The van der Waals surface area contributed by atoms with Crippen LogP contribution in [0.2, 0.25) is 5.02 Å². The van der Waals surface area contributed by atoms with E-state index in [9.17, 15) is 20.0 Å². The Morgan fingerprint density at radius 3 is 2.78 bits per heavy atom. The molecule has 1 amide bonds. The van der Waals surface area contributed by atoms with Crippen LogP contribution in [0.1, 0.15) is 35.6 Å². The van der Waals surface area contributed by atoms with Gasteiger partial charge in [-0.25, -0.2) is 0 Å². The maximum absolute atomic E-state index is 12.3. The molecule has 2 aromatic rings. The predicted octanol–water partition coefficient (Wildman–Crippen LogP) is 3.08. The summed E-state index contributed by atoms with van der Waals surface area (Å²) in [6.45, 7) is 1.67. The summed E-state index contributed by atoms with van der Waals surface area (Å²) in [7, 11) is 0. The van der Waals surface area contributed by atoms with Crippen LogP contribution in [0.25, 0.3) is 0 Å². The van der Waals surface area contributed by atoms with Gasteiger partial charge in [0.2, 0.25) is 0 Å². The van der Waals surface area contributed by atoms with Crippen LogP contribution >= 0.6 is 11.6 Å². The molecule has 0 aliphatic carbocycles. The highest BCUT2D eigenvalue weighted by molar-refractivity contribution is 6.34. The van der Waals surface area contributed by atoms with Crippen molar-refractivity contribution in [2.45, 2.75) is 25.5 Å². The van der Waals surface area contributed by atoms with Crippen LogP contribution in [0.4, 0.5) is 5.69 Å². The molecule has 0 spiro atoms. The second-order valence-electron chi connectivity index (χ2n) is 5.03. The van der Waals surface area contributed by atoms with E-state index < -0.39 is 23.0 Å². The monoisotopic (exact) mass is 338 g/mol. The van der Waals surface area contributed by atoms with E-state index in [1.54, 1.807) is 19.1 Å². The minimum atomic E-state index is -0.887. The van der Waals surface area contributed by atoms with Crippen molar-refractivity contribution < 1.29 is 19.2 Å². The molecule has 0 bridgehead atoms. The van der Waals surface area contributed by atoms with E-state index in [0.717, 1.165) is 0 Å². The van der Waals surface area contributed by atoms with E-state index in [2.05, 4.69) is 5.32 Å². The van der Waals surface area contributed by atoms with Crippen molar-refractivity contribution in [3.63, 3.8) is 0 Å². The van der Waals surface area contributed by atoms with E-state index in [1.807, 2.05) is 0 Å². The molecule has 0 fully saturated rings. The summed E-state index contributed by atoms with van der Waals surface area (Å²) in [5, 5.41) is 23.6. The molecule has 2 rings (SSSR count). The van der Waals surface area contributed by atoms with Crippen molar-refractivity contribution in [2.24, 2.45) is 0 Å². The summed E-state index contributed by atoms with van der Waals surface area (Å²) in [5.74, 6) is -0.281. The summed E-state index contributed by atoms with van der Waals surface area (Å²) in [6, 6.07) is 6.85. The number of hydrogen-bond donors (Lipinski definition) is 2. The van der Waals surface area contributed by atoms with Gasteiger partial charge in [0.1, 0.15) is 17.4 Å². The second-order valence-corrected chi connectivity index (χ2v) is 5.44. The van der Waals surface area contributed by atoms with Gasteiger partial charge in [0.25, 0.3) is 11.6 Å². The standard InChI is InChI=1S/C15H15ClN2O5/c1-9(8-12(19)13-6-3-7-23-13)17-15(20)14-10(16)4-2-5-11(14)18(21)22/h2-7,9,12,19H,8H2,1H3,(H,17,20)/t9-,12+/m0/s1. The topological polar surface area (TPSA) is 106 Å². The second kappa shape index (κ2) is 7.26. The van der Waals surface area contributed by atoms with E-state index in [-0.39, 0.29) is 22.7 Å². The molecule has 0 aliphatic heterocycles. The van der Waals surface area contributed by atoms with Crippen molar-refractivity contribution in [2.75, 3.05) is 0 Å². The Bertz CT molecular complexity index is 702. The first-order valence-electron chi connectivity index (χ1n) is 6.85. The lowest BCUT2D eigenvalue weighted by Crippen LogP contribution is -2.34. The number of rotatable bonds is 6. The molecule has 7 nitrogen and oxygen atoms in total. The number of carbonyl (C=O) groups excluding carboxylic acids is 1. The number of benzene rings is 1. The van der Waals surface area contributed by atoms with Gasteiger partial charge in [-0.15, -0.1) is 0 Å². The zero-order chi connectivity index (χ0) is 17.0. The summed E-state index contributed by atoms with van der Waals surface area (Å²) < 4.78 is 5.08. The SMILES string of the molecule is C[C@@H](C[C@@H](O)c1ccco1)NC(=O)c1c(Cl)cccc1[N+](=O)[O-]. The number of nitrogens with zero attached hydrogens (tertiary/aromatic N) is 1. The lowest BCUT2D eigenvalue weighted by Gasteiger charge is -2.17. The number of furan rings is 1. The van der Waals surface area contributed by atoms with Gasteiger partial charge in [0, 0.05) is 18.5 Å². The highest BCUT2D eigenvalue weighted by atomic mass is 35.5. The van der Waals surface area contributed by atoms with Crippen molar-refractivity contribution >= 4 is 23.2 Å². The Morgan fingerprint density at radius 2 is 2.17 bits per heavy atom.